The molecule has 11 atom stereocenters. The molecule has 5 rings (SSSR count). The van der Waals surface area contributed by atoms with E-state index in [0.29, 0.717) is 24.2 Å². The molecule has 0 heterocycles. The van der Waals surface area contributed by atoms with E-state index in [1.807, 2.05) is 0 Å². The summed E-state index contributed by atoms with van der Waals surface area (Å²) in [6.07, 6.45) is 10.7. The van der Waals surface area contributed by atoms with E-state index < -0.39 is 11.5 Å². The fourth-order valence-corrected chi connectivity index (χ4v) is 10.7. The first-order valence-corrected chi connectivity index (χ1v) is 14.0. The summed E-state index contributed by atoms with van der Waals surface area (Å²) in [5.41, 5.74) is 1.21. The van der Waals surface area contributed by atoms with Gasteiger partial charge in [-0.25, -0.2) is 0 Å². The summed E-state index contributed by atoms with van der Waals surface area (Å²) in [6, 6.07) is 0. The van der Waals surface area contributed by atoms with Crippen molar-refractivity contribution in [1.82, 2.24) is 0 Å². The Morgan fingerprint density at radius 2 is 1.47 bits per heavy atom. The van der Waals surface area contributed by atoms with Gasteiger partial charge in [0.05, 0.1) is 18.8 Å². The van der Waals surface area contributed by atoms with E-state index in [2.05, 4.69) is 47.6 Å². The van der Waals surface area contributed by atoms with E-state index in [9.17, 15) is 20.4 Å². The molecule has 5 aliphatic rings. The van der Waals surface area contributed by atoms with Crippen molar-refractivity contribution in [2.24, 2.45) is 50.2 Å². The molecule has 0 unspecified atom stereocenters. The second-order valence-corrected chi connectivity index (χ2v) is 15.0. The predicted octanol–water partition coefficient (Wildman–Crippen LogP) is 5.08. The van der Waals surface area contributed by atoms with Gasteiger partial charge in [-0.05, 0) is 97.2 Å². The molecule has 0 spiro atoms. The minimum atomic E-state index is -0.416. The Kier molecular flexibility index (Phi) is 5.61. The van der Waals surface area contributed by atoms with E-state index in [0.717, 1.165) is 51.4 Å². The average Bonchev–Trinajstić information content (AvgIpc) is 2.79. The number of hydrogen-bond acceptors (Lipinski definition) is 4. The largest absolute Gasteiger partial charge is 0.396 e. The van der Waals surface area contributed by atoms with Crippen LogP contribution in [-0.4, -0.2) is 45.8 Å². The first kappa shape index (κ1) is 25.2. The summed E-state index contributed by atoms with van der Waals surface area (Å²) >= 11 is 0. The van der Waals surface area contributed by atoms with E-state index in [-0.39, 0.29) is 46.4 Å². The number of rotatable bonds is 2. The highest BCUT2D eigenvalue weighted by molar-refractivity contribution is 5.34. The van der Waals surface area contributed by atoms with Crippen LogP contribution in [0.5, 0.6) is 0 Å². The van der Waals surface area contributed by atoms with E-state index in [1.165, 1.54) is 0 Å². The first-order valence-electron chi connectivity index (χ1n) is 14.0. The molecule has 34 heavy (non-hydrogen) atoms. The highest BCUT2D eigenvalue weighted by Gasteiger charge is 2.69. The molecular formula is C30H50O4. The van der Waals surface area contributed by atoms with Crippen molar-refractivity contribution in [2.45, 2.75) is 112 Å². The molecule has 4 N–H and O–H groups in total. The Morgan fingerprint density at radius 1 is 0.765 bits per heavy atom. The minimum absolute atomic E-state index is 0.0638. The molecule has 0 aromatic carbocycles. The Bertz CT molecular complexity index is 870. The summed E-state index contributed by atoms with van der Waals surface area (Å²) in [5.74, 6) is 1.20. The van der Waals surface area contributed by atoms with Gasteiger partial charge in [-0.1, -0.05) is 53.2 Å². The Morgan fingerprint density at radius 3 is 2.12 bits per heavy atom. The maximum absolute atomic E-state index is 11.3. The summed E-state index contributed by atoms with van der Waals surface area (Å²) in [4.78, 5) is 0. The van der Waals surface area contributed by atoms with Crippen molar-refractivity contribution in [1.29, 1.82) is 0 Å². The Labute approximate surface area is 207 Å². The monoisotopic (exact) mass is 474 g/mol. The Hall–Kier alpha value is -0.420. The lowest BCUT2D eigenvalue weighted by Gasteiger charge is -2.71. The van der Waals surface area contributed by atoms with Gasteiger partial charge in [0.15, 0.2) is 0 Å². The van der Waals surface area contributed by atoms with Gasteiger partial charge in [0.1, 0.15) is 0 Å². The summed E-state index contributed by atoms with van der Waals surface area (Å²) in [7, 11) is 0. The molecule has 4 heteroatoms. The standard InChI is InChI=1S/C30H50O4/c1-25(17-31)15-20-19-7-8-22-27(3)11-10-23(33)28(4,18-32)21(27)9-12-30(22,6)29(19,5)14-13-26(20,2)24(34)16-25/h7,20-24,31-34H,8-18H2,1-6H3/t20-,21+,22+,23-,24-,25-,26+,27-,28+,29+,30+/m0/s1. The lowest BCUT2D eigenvalue weighted by Crippen LogP contribution is -2.66. The predicted molar refractivity (Wildman–Crippen MR) is 135 cm³/mol. The molecule has 4 fully saturated rings. The van der Waals surface area contributed by atoms with Crippen molar-refractivity contribution in [3.8, 4) is 0 Å². The number of fused-ring (bicyclic) bond motifs is 7. The van der Waals surface area contributed by atoms with Crippen molar-refractivity contribution in [3.05, 3.63) is 11.6 Å². The molecule has 0 bridgehead atoms. The van der Waals surface area contributed by atoms with Crippen LogP contribution in [-0.2, 0) is 0 Å². The SMILES string of the molecule is C[C@@]1(CO)C[C@H](O)[C@]2(C)CC[C@]3(C)C(=CC[C@@H]4[C@@]5(C)CC[C@H](O)[C@](C)(CO)[C@@H]5CC[C@]43C)[C@@H]2C1. The van der Waals surface area contributed by atoms with Crippen LogP contribution in [0.4, 0.5) is 0 Å². The number of allylic oxidation sites excluding steroid dienone is 2. The average molecular weight is 475 g/mol. The molecule has 0 saturated heterocycles. The first-order chi connectivity index (χ1) is 15.7. The molecule has 0 aromatic heterocycles. The summed E-state index contributed by atoms with van der Waals surface area (Å²) in [6.45, 7) is 14.3. The van der Waals surface area contributed by atoms with Crippen LogP contribution >= 0.6 is 0 Å². The third kappa shape index (κ3) is 2.92. The second kappa shape index (κ2) is 7.55. The van der Waals surface area contributed by atoms with E-state index in [4.69, 9.17) is 0 Å². The van der Waals surface area contributed by atoms with E-state index in [1.54, 1.807) is 5.57 Å². The minimum Gasteiger partial charge on any atom is -0.396 e. The maximum Gasteiger partial charge on any atom is 0.0618 e. The van der Waals surface area contributed by atoms with E-state index >= 15 is 0 Å². The lowest BCUT2D eigenvalue weighted by molar-refractivity contribution is -0.219. The topological polar surface area (TPSA) is 80.9 Å². The molecule has 4 saturated carbocycles. The van der Waals surface area contributed by atoms with Gasteiger partial charge in [0.25, 0.3) is 0 Å². The Balaban J connectivity index is 1.58. The quantitative estimate of drug-likeness (QED) is 0.421. The number of aliphatic hydroxyl groups excluding tert-OH is 4. The summed E-state index contributed by atoms with van der Waals surface area (Å²) < 4.78 is 0. The van der Waals surface area contributed by atoms with Crippen LogP contribution in [0.25, 0.3) is 0 Å². The zero-order valence-corrected chi connectivity index (χ0v) is 22.5. The number of aliphatic hydroxyl groups is 4. The zero-order valence-electron chi connectivity index (χ0n) is 22.5. The van der Waals surface area contributed by atoms with Crippen LogP contribution in [0.15, 0.2) is 11.6 Å². The van der Waals surface area contributed by atoms with Crippen LogP contribution in [0, 0.1) is 50.2 Å². The normalized spacial score (nSPS) is 59.2. The molecule has 0 radical (unpaired) electrons. The fraction of sp³-hybridized carbons (Fsp3) is 0.933. The van der Waals surface area contributed by atoms with Gasteiger partial charge in [-0.3, -0.25) is 0 Å². The van der Waals surface area contributed by atoms with Gasteiger partial charge < -0.3 is 20.4 Å². The van der Waals surface area contributed by atoms with Crippen LogP contribution in [0.1, 0.15) is 99.3 Å². The van der Waals surface area contributed by atoms with Crippen LogP contribution < -0.4 is 0 Å². The van der Waals surface area contributed by atoms with Crippen molar-refractivity contribution in [3.63, 3.8) is 0 Å². The van der Waals surface area contributed by atoms with Crippen molar-refractivity contribution >= 4 is 0 Å². The molecule has 0 aromatic rings. The molecule has 0 amide bonds. The molecule has 4 nitrogen and oxygen atoms in total. The van der Waals surface area contributed by atoms with Crippen molar-refractivity contribution < 1.29 is 20.4 Å². The highest BCUT2D eigenvalue weighted by atomic mass is 16.3. The van der Waals surface area contributed by atoms with Gasteiger partial charge in [-0.2, -0.15) is 0 Å². The van der Waals surface area contributed by atoms with Crippen molar-refractivity contribution in [2.75, 3.05) is 13.2 Å². The molecular weight excluding hydrogens is 424 g/mol. The zero-order chi connectivity index (χ0) is 24.9. The second-order valence-electron chi connectivity index (χ2n) is 15.0. The number of hydrogen-bond donors (Lipinski definition) is 4. The molecule has 0 aliphatic heterocycles. The third-order valence-electron chi connectivity index (χ3n) is 13.5. The molecule has 5 aliphatic carbocycles. The summed E-state index contributed by atoms with van der Waals surface area (Å²) in [5, 5.41) is 42.9. The smallest absolute Gasteiger partial charge is 0.0618 e. The van der Waals surface area contributed by atoms with Crippen LogP contribution in [0.3, 0.4) is 0 Å². The van der Waals surface area contributed by atoms with Gasteiger partial charge in [-0.15, -0.1) is 0 Å². The lowest BCUT2D eigenvalue weighted by atomic mass is 9.33. The van der Waals surface area contributed by atoms with Gasteiger partial charge in [0, 0.05) is 17.4 Å². The van der Waals surface area contributed by atoms with Crippen LogP contribution in [0.2, 0.25) is 0 Å². The van der Waals surface area contributed by atoms with Gasteiger partial charge >= 0.3 is 0 Å². The fourth-order valence-electron chi connectivity index (χ4n) is 10.7. The maximum atomic E-state index is 11.3. The third-order valence-corrected chi connectivity index (χ3v) is 13.5. The van der Waals surface area contributed by atoms with Gasteiger partial charge in [0.2, 0.25) is 0 Å². The molecule has 194 valence electrons. The highest BCUT2D eigenvalue weighted by Crippen LogP contribution is 2.75.